The van der Waals surface area contributed by atoms with Gasteiger partial charge in [-0.1, -0.05) is 6.42 Å². The summed E-state index contributed by atoms with van der Waals surface area (Å²) in [4.78, 5) is 26.9. The zero-order valence-corrected chi connectivity index (χ0v) is 12.1. The SMILES string of the molecule is CCNC(=O)c1cc(NCC2CCCC2C(=O)O)ccn1. The Kier molecular flexibility index (Phi) is 5.14. The number of aromatic nitrogens is 1. The molecule has 1 saturated carbocycles. The zero-order chi connectivity index (χ0) is 15.2. The van der Waals surface area contributed by atoms with Crippen LogP contribution in [-0.4, -0.2) is 35.1 Å². The Labute approximate surface area is 124 Å². The Hall–Kier alpha value is -2.11. The van der Waals surface area contributed by atoms with E-state index in [-0.39, 0.29) is 17.7 Å². The number of nitrogens with one attached hydrogen (secondary N) is 2. The number of amides is 1. The van der Waals surface area contributed by atoms with Crippen molar-refractivity contribution in [2.45, 2.75) is 26.2 Å². The van der Waals surface area contributed by atoms with E-state index in [1.54, 1.807) is 18.3 Å². The molecule has 6 nitrogen and oxygen atoms in total. The maximum atomic E-state index is 11.7. The molecule has 1 heterocycles. The first-order chi connectivity index (χ1) is 10.1. The number of anilines is 1. The average molecular weight is 291 g/mol. The van der Waals surface area contributed by atoms with Gasteiger partial charge >= 0.3 is 5.97 Å². The molecular formula is C15H21N3O3. The molecule has 0 saturated heterocycles. The Morgan fingerprint density at radius 2 is 2.24 bits per heavy atom. The van der Waals surface area contributed by atoms with Crippen LogP contribution >= 0.6 is 0 Å². The summed E-state index contributed by atoms with van der Waals surface area (Å²) in [5.41, 5.74) is 1.16. The van der Waals surface area contributed by atoms with Gasteiger partial charge in [0.2, 0.25) is 0 Å². The van der Waals surface area contributed by atoms with Gasteiger partial charge in [-0.05, 0) is 37.8 Å². The standard InChI is InChI=1S/C15H21N3O3/c1-2-16-14(19)13-8-11(6-7-17-13)18-9-10-4-3-5-12(10)15(20)21/h6-8,10,12H,2-5,9H2,1H3,(H,16,19)(H,17,18)(H,20,21). The maximum absolute atomic E-state index is 11.7. The number of rotatable bonds is 6. The third-order valence-electron chi connectivity index (χ3n) is 3.87. The molecule has 2 atom stereocenters. The monoisotopic (exact) mass is 291 g/mol. The Morgan fingerprint density at radius 1 is 1.43 bits per heavy atom. The van der Waals surface area contributed by atoms with Crippen molar-refractivity contribution in [2.24, 2.45) is 11.8 Å². The van der Waals surface area contributed by atoms with E-state index in [4.69, 9.17) is 5.11 Å². The van der Waals surface area contributed by atoms with Gasteiger partial charge in [-0.25, -0.2) is 0 Å². The molecule has 1 amide bonds. The van der Waals surface area contributed by atoms with Crippen LogP contribution in [-0.2, 0) is 4.79 Å². The quantitative estimate of drug-likeness (QED) is 0.742. The Morgan fingerprint density at radius 3 is 2.95 bits per heavy atom. The van der Waals surface area contributed by atoms with E-state index in [0.717, 1.165) is 24.9 Å². The lowest BCUT2D eigenvalue weighted by Crippen LogP contribution is -2.25. The number of hydrogen-bond acceptors (Lipinski definition) is 4. The van der Waals surface area contributed by atoms with Gasteiger partial charge in [-0.3, -0.25) is 14.6 Å². The summed E-state index contributed by atoms with van der Waals surface area (Å²) in [6.07, 6.45) is 4.22. The summed E-state index contributed by atoms with van der Waals surface area (Å²) in [5, 5.41) is 15.1. The number of hydrogen-bond donors (Lipinski definition) is 3. The van der Waals surface area contributed by atoms with Crippen molar-refractivity contribution >= 4 is 17.6 Å². The highest BCUT2D eigenvalue weighted by Gasteiger charge is 2.32. The third-order valence-corrected chi connectivity index (χ3v) is 3.87. The minimum atomic E-state index is -0.711. The van der Waals surface area contributed by atoms with E-state index in [9.17, 15) is 9.59 Å². The van der Waals surface area contributed by atoms with Crippen LogP contribution in [0.4, 0.5) is 5.69 Å². The topological polar surface area (TPSA) is 91.3 Å². The van der Waals surface area contributed by atoms with Crippen molar-refractivity contribution in [1.29, 1.82) is 0 Å². The highest BCUT2D eigenvalue weighted by atomic mass is 16.4. The minimum Gasteiger partial charge on any atom is -0.481 e. The summed E-state index contributed by atoms with van der Waals surface area (Å²) in [7, 11) is 0. The molecule has 2 rings (SSSR count). The molecule has 21 heavy (non-hydrogen) atoms. The van der Waals surface area contributed by atoms with Crippen molar-refractivity contribution in [3.8, 4) is 0 Å². The van der Waals surface area contributed by atoms with Crippen LogP contribution in [0.25, 0.3) is 0 Å². The predicted octanol–water partition coefficient (Wildman–Crippen LogP) is 1.74. The zero-order valence-electron chi connectivity index (χ0n) is 12.1. The average Bonchev–Trinajstić information content (AvgIpc) is 2.94. The van der Waals surface area contributed by atoms with Gasteiger partial charge in [0.05, 0.1) is 5.92 Å². The molecule has 0 bridgehead atoms. The molecule has 6 heteroatoms. The van der Waals surface area contributed by atoms with Crippen molar-refractivity contribution in [3.05, 3.63) is 24.0 Å². The first-order valence-electron chi connectivity index (χ1n) is 7.32. The van der Waals surface area contributed by atoms with Crippen LogP contribution in [0.15, 0.2) is 18.3 Å². The van der Waals surface area contributed by atoms with Gasteiger partial charge in [-0.2, -0.15) is 0 Å². The molecule has 0 spiro atoms. The molecule has 0 aromatic carbocycles. The number of carbonyl (C=O) groups excluding carboxylic acids is 1. The Bertz CT molecular complexity index is 519. The molecular weight excluding hydrogens is 270 g/mol. The fourth-order valence-corrected chi connectivity index (χ4v) is 2.77. The molecule has 2 unspecified atom stereocenters. The molecule has 3 N–H and O–H groups in total. The van der Waals surface area contributed by atoms with Crippen molar-refractivity contribution < 1.29 is 14.7 Å². The summed E-state index contributed by atoms with van der Waals surface area (Å²) >= 11 is 0. The Balaban J connectivity index is 1.95. The second kappa shape index (κ2) is 7.06. The summed E-state index contributed by atoms with van der Waals surface area (Å²) in [5.74, 6) is -1.03. The summed E-state index contributed by atoms with van der Waals surface area (Å²) < 4.78 is 0. The van der Waals surface area contributed by atoms with Gasteiger partial charge in [0.15, 0.2) is 0 Å². The van der Waals surface area contributed by atoms with Gasteiger partial charge in [0.25, 0.3) is 5.91 Å². The first-order valence-corrected chi connectivity index (χ1v) is 7.32. The van der Waals surface area contributed by atoms with Gasteiger partial charge in [0.1, 0.15) is 5.69 Å². The minimum absolute atomic E-state index is 0.142. The van der Waals surface area contributed by atoms with Crippen molar-refractivity contribution in [2.75, 3.05) is 18.4 Å². The largest absolute Gasteiger partial charge is 0.481 e. The maximum Gasteiger partial charge on any atom is 0.306 e. The van der Waals surface area contributed by atoms with E-state index < -0.39 is 5.97 Å². The summed E-state index contributed by atoms with van der Waals surface area (Å²) in [6, 6.07) is 3.48. The van der Waals surface area contributed by atoms with Crippen molar-refractivity contribution in [1.82, 2.24) is 10.3 Å². The van der Waals surface area contributed by atoms with Crippen LogP contribution < -0.4 is 10.6 Å². The number of aliphatic carboxylic acids is 1. The molecule has 0 radical (unpaired) electrons. The summed E-state index contributed by atoms with van der Waals surface area (Å²) in [6.45, 7) is 3.02. The molecule has 0 aliphatic heterocycles. The number of pyridine rings is 1. The second-order valence-electron chi connectivity index (χ2n) is 5.31. The van der Waals surface area contributed by atoms with E-state index in [1.807, 2.05) is 6.92 Å². The molecule has 1 aromatic rings. The van der Waals surface area contributed by atoms with E-state index in [2.05, 4.69) is 15.6 Å². The lowest BCUT2D eigenvalue weighted by Gasteiger charge is -2.17. The van der Waals surface area contributed by atoms with Crippen LogP contribution in [0.5, 0.6) is 0 Å². The lowest BCUT2D eigenvalue weighted by molar-refractivity contribution is -0.142. The highest BCUT2D eigenvalue weighted by Crippen LogP contribution is 2.32. The number of carboxylic acid groups (broad SMARTS) is 1. The predicted molar refractivity (Wildman–Crippen MR) is 79.2 cm³/mol. The fourth-order valence-electron chi connectivity index (χ4n) is 2.77. The van der Waals surface area contributed by atoms with Crippen LogP contribution in [0.2, 0.25) is 0 Å². The molecule has 1 aromatic heterocycles. The van der Waals surface area contributed by atoms with Crippen molar-refractivity contribution in [3.63, 3.8) is 0 Å². The molecule has 114 valence electrons. The van der Waals surface area contributed by atoms with E-state index >= 15 is 0 Å². The van der Waals surface area contributed by atoms with E-state index in [1.165, 1.54) is 0 Å². The number of carbonyl (C=O) groups is 2. The second-order valence-corrected chi connectivity index (χ2v) is 5.31. The highest BCUT2D eigenvalue weighted by molar-refractivity contribution is 5.93. The molecule has 1 fully saturated rings. The van der Waals surface area contributed by atoms with Crippen LogP contribution in [0.3, 0.4) is 0 Å². The lowest BCUT2D eigenvalue weighted by atomic mass is 9.96. The third kappa shape index (κ3) is 3.93. The number of carboxylic acids is 1. The van der Waals surface area contributed by atoms with Gasteiger partial charge in [-0.15, -0.1) is 0 Å². The smallest absolute Gasteiger partial charge is 0.306 e. The van der Waals surface area contributed by atoms with E-state index in [0.29, 0.717) is 18.8 Å². The fraction of sp³-hybridized carbons (Fsp3) is 0.533. The first kappa shape index (κ1) is 15.3. The number of nitrogens with zero attached hydrogens (tertiary/aromatic N) is 1. The molecule has 1 aliphatic carbocycles. The normalized spacial score (nSPS) is 21.0. The van der Waals surface area contributed by atoms with Gasteiger partial charge < -0.3 is 15.7 Å². The molecule has 1 aliphatic rings. The van der Waals surface area contributed by atoms with Gasteiger partial charge in [0, 0.05) is 25.0 Å². The van der Waals surface area contributed by atoms with Crippen LogP contribution in [0, 0.1) is 11.8 Å². The van der Waals surface area contributed by atoms with Crippen LogP contribution in [0.1, 0.15) is 36.7 Å².